The molecule has 1 spiro atoms. The number of hydrogen-bond acceptors (Lipinski definition) is 5. The minimum Gasteiger partial charge on any atom is -0.376 e. The first kappa shape index (κ1) is 18.0. The van der Waals surface area contributed by atoms with Crippen LogP contribution in [0.25, 0.3) is 0 Å². The summed E-state index contributed by atoms with van der Waals surface area (Å²) in [6.45, 7) is 7.08. The van der Waals surface area contributed by atoms with Crippen molar-refractivity contribution in [3.8, 4) is 0 Å². The molecule has 0 bridgehead atoms. The van der Waals surface area contributed by atoms with Gasteiger partial charge in [-0.2, -0.15) is 0 Å². The zero-order valence-corrected chi connectivity index (χ0v) is 16.4. The Morgan fingerprint density at radius 3 is 2.86 bits per heavy atom. The SMILES string of the molecule is Cc1nc(NCC2CC2)nc2c1COCC21CCN(Cc2ccc(F)cc2)C1. The van der Waals surface area contributed by atoms with E-state index in [-0.39, 0.29) is 11.2 Å². The van der Waals surface area contributed by atoms with Crippen LogP contribution in [-0.2, 0) is 23.3 Å². The molecule has 0 radical (unpaired) electrons. The van der Waals surface area contributed by atoms with E-state index in [2.05, 4.69) is 22.1 Å². The van der Waals surface area contributed by atoms with Gasteiger partial charge >= 0.3 is 0 Å². The quantitative estimate of drug-likeness (QED) is 0.859. The molecule has 2 aliphatic heterocycles. The van der Waals surface area contributed by atoms with Crippen molar-refractivity contribution in [2.24, 2.45) is 5.92 Å². The fourth-order valence-electron chi connectivity index (χ4n) is 4.51. The molecule has 2 aromatic rings. The van der Waals surface area contributed by atoms with Crippen LogP contribution in [0, 0.1) is 18.7 Å². The molecule has 0 amide bonds. The molecule has 28 heavy (non-hydrogen) atoms. The van der Waals surface area contributed by atoms with Gasteiger partial charge in [0.1, 0.15) is 5.82 Å². The van der Waals surface area contributed by atoms with Crippen molar-refractivity contribution in [2.75, 3.05) is 31.6 Å². The van der Waals surface area contributed by atoms with Crippen LogP contribution in [0.4, 0.5) is 10.3 Å². The number of benzene rings is 1. The van der Waals surface area contributed by atoms with Crippen molar-refractivity contribution in [1.29, 1.82) is 0 Å². The standard InChI is InChI=1S/C22H27FN4O/c1-15-19-12-28-14-22(20(19)26-21(25-15)24-10-16-2-3-16)8-9-27(13-22)11-17-4-6-18(23)7-5-17/h4-7,16H,2-3,8-14H2,1H3,(H,24,25,26). The van der Waals surface area contributed by atoms with Crippen LogP contribution in [0.5, 0.6) is 0 Å². The first-order valence-corrected chi connectivity index (χ1v) is 10.3. The average molecular weight is 382 g/mol. The molecule has 1 aromatic heterocycles. The summed E-state index contributed by atoms with van der Waals surface area (Å²) in [5.41, 5.74) is 4.43. The van der Waals surface area contributed by atoms with Gasteiger partial charge in [0.25, 0.3) is 0 Å². The predicted molar refractivity (Wildman–Crippen MR) is 106 cm³/mol. The lowest BCUT2D eigenvalue weighted by atomic mass is 9.80. The van der Waals surface area contributed by atoms with Crippen LogP contribution in [0.3, 0.4) is 0 Å². The second-order valence-corrected chi connectivity index (χ2v) is 8.64. The highest BCUT2D eigenvalue weighted by Gasteiger charge is 2.45. The molecule has 3 heterocycles. The van der Waals surface area contributed by atoms with Crippen LogP contribution >= 0.6 is 0 Å². The highest BCUT2D eigenvalue weighted by atomic mass is 19.1. The smallest absolute Gasteiger partial charge is 0.223 e. The van der Waals surface area contributed by atoms with Gasteiger partial charge < -0.3 is 10.1 Å². The highest BCUT2D eigenvalue weighted by Crippen LogP contribution is 2.40. The molecule has 1 saturated carbocycles. The first-order chi connectivity index (χ1) is 13.6. The number of rotatable bonds is 5. The van der Waals surface area contributed by atoms with Gasteiger partial charge in [-0.25, -0.2) is 14.4 Å². The van der Waals surface area contributed by atoms with Gasteiger partial charge in [-0.05, 0) is 56.3 Å². The molecular formula is C22H27FN4O. The fraction of sp³-hybridized carbons (Fsp3) is 0.545. The van der Waals surface area contributed by atoms with E-state index in [0.29, 0.717) is 13.2 Å². The summed E-state index contributed by atoms with van der Waals surface area (Å²) in [7, 11) is 0. The Bertz CT molecular complexity index is 868. The van der Waals surface area contributed by atoms with Gasteiger partial charge in [0.15, 0.2) is 0 Å². The van der Waals surface area contributed by atoms with Gasteiger partial charge in [0.05, 0.1) is 24.3 Å². The zero-order chi connectivity index (χ0) is 19.1. The lowest BCUT2D eigenvalue weighted by molar-refractivity contribution is 0.0498. The maximum atomic E-state index is 13.2. The zero-order valence-electron chi connectivity index (χ0n) is 16.4. The Morgan fingerprint density at radius 1 is 1.25 bits per heavy atom. The Hall–Kier alpha value is -2.05. The van der Waals surface area contributed by atoms with E-state index >= 15 is 0 Å². The Morgan fingerprint density at radius 2 is 2.07 bits per heavy atom. The largest absolute Gasteiger partial charge is 0.376 e. The number of hydrogen-bond donors (Lipinski definition) is 1. The number of aromatic nitrogens is 2. The van der Waals surface area contributed by atoms with Crippen molar-refractivity contribution in [3.05, 3.63) is 52.6 Å². The van der Waals surface area contributed by atoms with E-state index in [1.54, 1.807) is 0 Å². The number of likely N-dealkylation sites (tertiary alicyclic amines) is 1. The maximum absolute atomic E-state index is 13.2. The van der Waals surface area contributed by atoms with Crippen molar-refractivity contribution in [3.63, 3.8) is 0 Å². The summed E-state index contributed by atoms with van der Waals surface area (Å²) in [5.74, 6) is 1.37. The molecule has 1 atom stereocenters. The van der Waals surface area contributed by atoms with Crippen LogP contribution < -0.4 is 5.32 Å². The molecule has 1 N–H and O–H groups in total. The summed E-state index contributed by atoms with van der Waals surface area (Å²) in [6.07, 6.45) is 3.65. The molecule has 1 unspecified atom stereocenters. The molecular weight excluding hydrogens is 355 g/mol. The molecule has 148 valence electrons. The topological polar surface area (TPSA) is 50.3 Å². The fourth-order valence-corrected chi connectivity index (χ4v) is 4.51. The predicted octanol–water partition coefficient (Wildman–Crippen LogP) is 3.42. The summed E-state index contributed by atoms with van der Waals surface area (Å²) >= 11 is 0. The molecule has 6 heteroatoms. The molecule has 3 aliphatic rings. The van der Waals surface area contributed by atoms with Gasteiger partial charge in [0, 0.05) is 30.9 Å². The summed E-state index contributed by atoms with van der Waals surface area (Å²) in [5, 5.41) is 3.45. The van der Waals surface area contributed by atoms with Gasteiger partial charge in [-0.3, -0.25) is 4.90 Å². The maximum Gasteiger partial charge on any atom is 0.223 e. The van der Waals surface area contributed by atoms with E-state index in [4.69, 9.17) is 9.72 Å². The number of aryl methyl sites for hydroxylation is 1. The van der Waals surface area contributed by atoms with Crippen molar-refractivity contribution >= 4 is 5.95 Å². The van der Waals surface area contributed by atoms with Gasteiger partial charge in [-0.1, -0.05) is 12.1 Å². The Kier molecular flexibility index (Phi) is 4.56. The summed E-state index contributed by atoms with van der Waals surface area (Å²) in [6, 6.07) is 6.82. The van der Waals surface area contributed by atoms with Crippen molar-refractivity contribution in [1.82, 2.24) is 14.9 Å². The number of nitrogens with zero attached hydrogens (tertiary/aromatic N) is 3. The van der Waals surface area contributed by atoms with Crippen LogP contribution in [0.15, 0.2) is 24.3 Å². The average Bonchev–Trinajstić information content (AvgIpc) is 3.44. The highest BCUT2D eigenvalue weighted by molar-refractivity contribution is 5.40. The van der Waals surface area contributed by atoms with Crippen LogP contribution in [0.2, 0.25) is 0 Å². The monoisotopic (exact) mass is 382 g/mol. The number of anilines is 1. The number of ether oxygens (including phenoxy) is 1. The summed E-state index contributed by atoms with van der Waals surface area (Å²) < 4.78 is 19.2. The minimum atomic E-state index is -0.186. The second kappa shape index (κ2) is 7.08. The van der Waals surface area contributed by atoms with E-state index < -0.39 is 0 Å². The molecule has 5 rings (SSSR count). The molecule has 5 nitrogen and oxygen atoms in total. The number of fused-ring (bicyclic) bond motifs is 2. The summed E-state index contributed by atoms with van der Waals surface area (Å²) in [4.78, 5) is 12.1. The lowest BCUT2D eigenvalue weighted by Gasteiger charge is -2.35. The first-order valence-electron chi connectivity index (χ1n) is 10.3. The van der Waals surface area contributed by atoms with E-state index in [0.717, 1.165) is 61.3 Å². The third-order valence-corrected chi connectivity index (χ3v) is 6.34. The van der Waals surface area contributed by atoms with Crippen LogP contribution in [-0.4, -0.2) is 41.1 Å². The minimum absolute atomic E-state index is 0.0721. The normalized spacial score (nSPS) is 24.5. The Balaban J connectivity index is 1.37. The van der Waals surface area contributed by atoms with Gasteiger partial charge in [0.2, 0.25) is 5.95 Å². The molecule has 2 fully saturated rings. The lowest BCUT2D eigenvalue weighted by Crippen LogP contribution is -2.41. The van der Waals surface area contributed by atoms with E-state index in [1.807, 2.05) is 12.1 Å². The third kappa shape index (κ3) is 3.51. The van der Waals surface area contributed by atoms with Crippen molar-refractivity contribution < 1.29 is 9.13 Å². The van der Waals surface area contributed by atoms with E-state index in [9.17, 15) is 4.39 Å². The van der Waals surface area contributed by atoms with Crippen LogP contribution in [0.1, 0.15) is 41.8 Å². The second-order valence-electron chi connectivity index (χ2n) is 8.64. The number of nitrogens with one attached hydrogen (secondary N) is 1. The van der Waals surface area contributed by atoms with Crippen molar-refractivity contribution in [2.45, 2.75) is 44.8 Å². The van der Waals surface area contributed by atoms with Gasteiger partial charge in [-0.15, -0.1) is 0 Å². The molecule has 1 aliphatic carbocycles. The Labute approximate surface area is 165 Å². The molecule has 1 saturated heterocycles. The molecule has 1 aromatic carbocycles. The number of halogens is 1. The van der Waals surface area contributed by atoms with E-state index in [1.165, 1.54) is 30.7 Å². The third-order valence-electron chi connectivity index (χ3n) is 6.34.